The molecule has 0 atom stereocenters. The van der Waals surface area contributed by atoms with Crippen LogP contribution in [0, 0.1) is 0 Å². The molecule has 0 bridgehead atoms. The van der Waals surface area contributed by atoms with Gasteiger partial charge in [-0.2, -0.15) is 0 Å². The summed E-state index contributed by atoms with van der Waals surface area (Å²) < 4.78 is 14.3. The van der Waals surface area contributed by atoms with Crippen LogP contribution in [0.1, 0.15) is 132 Å². The average Bonchev–Trinajstić information content (AvgIpc) is 2.33. The summed E-state index contributed by atoms with van der Waals surface area (Å²) in [6, 6.07) is 93.6. The van der Waals surface area contributed by atoms with E-state index in [1.807, 2.05) is 0 Å². The van der Waals surface area contributed by atoms with Gasteiger partial charge in [-0.15, -0.1) is 0 Å². The summed E-state index contributed by atoms with van der Waals surface area (Å²) in [6.07, 6.45) is 12.7. The van der Waals surface area contributed by atoms with Gasteiger partial charge in [0, 0.05) is 39.2 Å². The molecule has 0 aromatic heterocycles. The highest BCUT2D eigenvalue weighted by atomic mass is 16.5. The van der Waals surface area contributed by atoms with Crippen molar-refractivity contribution in [2.24, 2.45) is 0 Å². The minimum absolute atomic E-state index is 0.526. The maximum absolute atomic E-state index is 7.24. The molecule has 3 aliphatic carbocycles. The van der Waals surface area contributed by atoms with Crippen molar-refractivity contribution in [3.8, 4) is 45.3 Å². The Balaban J connectivity index is 0.989. The molecule has 392 valence electrons. The Morgan fingerprint density at radius 1 is 0.309 bits per heavy atom. The van der Waals surface area contributed by atoms with E-state index >= 15 is 0 Å². The number of rotatable bonds is 8. The molecule has 11 aromatic carbocycles. The Hall–Kier alpha value is -8.92. The second-order valence-corrected chi connectivity index (χ2v) is 23.4. The van der Waals surface area contributed by atoms with Gasteiger partial charge in [-0.25, -0.2) is 0 Å². The van der Waals surface area contributed by atoms with Crippen molar-refractivity contribution in [3.05, 3.63) is 304 Å². The summed E-state index contributed by atoms with van der Waals surface area (Å²) >= 11 is 0. The molecule has 2 heterocycles. The van der Waals surface area contributed by atoms with E-state index in [-0.39, 0.29) is 0 Å². The van der Waals surface area contributed by atoms with Crippen molar-refractivity contribution in [2.75, 3.05) is 4.90 Å². The molecular formula is C78H63NO2. The summed E-state index contributed by atoms with van der Waals surface area (Å²) in [6.45, 7) is 0. The van der Waals surface area contributed by atoms with E-state index < -0.39 is 10.8 Å². The summed E-state index contributed by atoms with van der Waals surface area (Å²) in [4.78, 5) is 2.55. The SMILES string of the molecule is c1ccc(C2(c3ccccc3)c3ccccc3Oc3ccc(N(c4ccc5c(c4)C4(c6cc(C7CCCCC7)ccc6Oc6ccc(C7CCCCC7)cc64)c4ccccc4-5)c4ccccc4-c4cccc5ccccc45)cc32)cc1. The lowest BCUT2D eigenvalue weighted by molar-refractivity contribution is 0.424. The van der Waals surface area contributed by atoms with Crippen molar-refractivity contribution in [3.63, 3.8) is 0 Å². The lowest BCUT2D eigenvalue weighted by Crippen LogP contribution is -2.34. The predicted molar refractivity (Wildman–Crippen MR) is 331 cm³/mol. The largest absolute Gasteiger partial charge is 0.457 e. The number of ether oxygens (including phenoxy) is 2. The van der Waals surface area contributed by atoms with Gasteiger partial charge < -0.3 is 14.4 Å². The topological polar surface area (TPSA) is 21.7 Å². The molecule has 0 amide bonds. The number of anilines is 3. The number of fused-ring (bicyclic) bond motifs is 12. The number of para-hydroxylation sites is 2. The van der Waals surface area contributed by atoms with Crippen LogP contribution in [0.4, 0.5) is 17.1 Å². The predicted octanol–water partition coefficient (Wildman–Crippen LogP) is 21.0. The van der Waals surface area contributed by atoms with Crippen LogP contribution in [0.3, 0.4) is 0 Å². The maximum Gasteiger partial charge on any atom is 0.132 e. The van der Waals surface area contributed by atoms with Gasteiger partial charge in [-0.05, 0) is 153 Å². The van der Waals surface area contributed by atoms with Gasteiger partial charge in [0.1, 0.15) is 23.0 Å². The zero-order chi connectivity index (χ0) is 53.5. The van der Waals surface area contributed by atoms with E-state index in [0.717, 1.165) is 56.8 Å². The molecule has 0 radical (unpaired) electrons. The third-order valence-electron chi connectivity index (χ3n) is 19.2. The highest BCUT2D eigenvalue weighted by Crippen LogP contribution is 2.64. The van der Waals surface area contributed by atoms with Crippen molar-refractivity contribution < 1.29 is 9.47 Å². The fourth-order valence-corrected chi connectivity index (χ4v) is 15.6. The van der Waals surface area contributed by atoms with Crippen molar-refractivity contribution in [1.29, 1.82) is 0 Å². The first-order valence-electron chi connectivity index (χ1n) is 29.8. The van der Waals surface area contributed by atoms with Crippen LogP contribution in [0.5, 0.6) is 23.0 Å². The first-order valence-corrected chi connectivity index (χ1v) is 29.8. The maximum atomic E-state index is 7.24. The highest BCUT2D eigenvalue weighted by molar-refractivity contribution is 6.02. The van der Waals surface area contributed by atoms with Gasteiger partial charge in [-0.3, -0.25) is 0 Å². The Bertz CT molecular complexity index is 4110. The van der Waals surface area contributed by atoms with E-state index in [4.69, 9.17) is 9.47 Å². The summed E-state index contributed by atoms with van der Waals surface area (Å²) in [7, 11) is 0. The smallest absolute Gasteiger partial charge is 0.132 e. The molecule has 3 nitrogen and oxygen atoms in total. The molecule has 0 saturated heterocycles. The van der Waals surface area contributed by atoms with Crippen molar-refractivity contribution >= 4 is 27.8 Å². The first kappa shape index (κ1) is 48.0. The molecule has 5 aliphatic rings. The van der Waals surface area contributed by atoms with E-state index in [1.165, 1.54) is 136 Å². The molecule has 2 saturated carbocycles. The van der Waals surface area contributed by atoms with Crippen LogP contribution in [-0.2, 0) is 10.8 Å². The van der Waals surface area contributed by atoms with E-state index in [0.29, 0.717) is 11.8 Å². The molecular weight excluding hydrogens is 983 g/mol. The Morgan fingerprint density at radius 3 is 1.44 bits per heavy atom. The van der Waals surface area contributed by atoms with Crippen LogP contribution in [-0.4, -0.2) is 0 Å². The zero-order valence-corrected chi connectivity index (χ0v) is 45.7. The quantitative estimate of drug-likeness (QED) is 0.151. The minimum Gasteiger partial charge on any atom is -0.457 e. The molecule has 0 unspecified atom stereocenters. The number of nitrogens with zero attached hydrogens (tertiary/aromatic N) is 1. The summed E-state index contributed by atoms with van der Waals surface area (Å²) in [5.74, 6) is 4.66. The molecule has 2 aliphatic heterocycles. The fourth-order valence-electron chi connectivity index (χ4n) is 15.6. The Labute approximate surface area is 476 Å². The lowest BCUT2D eigenvalue weighted by atomic mass is 9.63. The molecule has 81 heavy (non-hydrogen) atoms. The standard InChI is InChI=1S/C78H63NO2/c1-5-22-52(23-6-1)55-40-45-74-69(48-55)78(70-49-56(41-46-75(70)81-74)53-24-7-2-8-25-53)66-36-17-15-33-63(66)64-44-42-59(50-68(64)78)79(72-38-19-16-34-65(72)62-35-21-27-54-26-13-14-32-61(54)62)60-43-47-76-71(51-60)77(57-28-9-3-10-29-57,58-30-11-4-12-31-58)67-37-18-20-39-73(67)80-76/h3-4,9-21,26-53H,1-2,5-8,22-25H2. The Morgan fingerprint density at radius 2 is 0.778 bits per heavy atom. The summed E-state index contributed by atoms with van der Waals surface area (Å²) in [5, 5.41) is 2.43. The van der Waals surface area contributed by atoms with Crippen LogP contribution in [0.2, 0.25) is 0 Å². The third kappa shape index (κ3) is 7.47. The fraction of sp³-hybridized carbons (Fsp3) is 0.179. The van der Waals surface area contributed by atoms with Crippen molar-refractivity contribution in [2.45, 2.75) is 86.9 Å². The van der Waals surface area contributed by atoms with E-state index in [1.54, 1.807) is 0 Å². The highest BCUT2D eigenvalue weighted by Gasteiger charge is 2.52. The minimum atomic E-state index is -0.714. The molecule has 3 heteroatoms. The molecule has 2 fully saturated rings. The number of benzene rings is 11. The van der Waals surface area contributed by atoms with Gasteiger partial charge >= 0.3 is 0 Å². The molecule has 11 aromatic rings. The monoisotopic (exact) mass is 1050 g/mol. The van der Waals surface area contributed by atoms with Gasteiger partial charge in [0.2, 0.25) is 0 Å². The Kier molecular flexibility index (Phi) is 11.5. The van der Waals surface area contributed by atoms with Gasteiger partial charge in [-0.1, -0.05) is 233 Å². The first-order chi connectivity index (χ1) is 40.2. The summed E-state index contributed by atoms with van der Waals surface area (Å²) in [5.41, 5.74) is 19.3. The normalized spacial score (nSPS) is 16.4. The second-order valence-electron chi connectivity index (χ2n) is 23.4. The van der Waals surface area contributed by atoms with E-state index in [2.05, 4.69) is 254 Å². The van der Waals surface area contributed by atoms with Crippen LogP contribution in [0.25, 0.3) is 33.0 Å². The van der Waals surface area contributed by atoms with E-state index in [9.17, 15) is 0 Å². The van der Waals surface area contributed by atoms with Crippen molar-refractivity contribution in [1.82, 2.24) is 0 Å². The van der Waals surface area contributed by atoms with Crippen LogP contribution < -0.4 is 14.4 Å². The lowest BCUT2D eigenvalue weighted by Gasteiger charge is -2.42. The molecule has 16 rings (SSSR count). The van der Waals surface area contributed by atoms with Gasteiger partial charge in [0.05, 0.1) is 16.5 Å². The number of hydrogen-bond acceptors (Lipinski definition) is 3. The third-order valence-corrected chi connectivity index (χ3v) is 19.2. The van der Waals surface area contributed by atoms with Crippen LogP contribution >= 0.6 is 0 Å². The molecule has 1 spiro atoms. The zero-order valence-electron chi connectivity index (χ0n) is 45.7. The second kappa shape index (κ2) is 19.4. The van der Waals surface area contributed by atoms with Crippen LogP contribution in [0.15, 0.2) is 249 Å². The number of hydrogen-bond donors (Lipinski definition) is 0. The van der Waals surface area contributed by atoms with Gasteiger partial charge in [0.25, 0.3) is 0 Å². The van der Waals surface area contributed by atoms with Gasteiger partial charge in [0.15, 0.2) is 0 Å². The molecule has 0 N–H and O–H groups in total. The average molecular weight is 1050 g/mol.